The Kier molecular flexibility index (Phi) is 37.0. The fourth-order valence-corrected chi connectivity index (χ4v) is 7.99. The monoisotopic (exact) mass is 720 g/mol. The largest absolute Gasteiger partial charge is 0.466 e. The number of nitrogens with zero attached hydrogens (tertiary/aromatic N) is 2. The van der Waals surface area contributed by atoms with Crippen molar-refractivity contribution < 1.29 is 9.53 Å². The average molecular weight is 720 g/mol. The maximum atomic E-state index is 12.3. The SMILES string of the molecule is CCCCCCCCCCCOC(=O)CCCCCN(CCCCCCCCC(CCCCCC)CCCCCCCC)CCN1CCNCC1. The minimum absolute atomic E-state index is 0.0189. The number of nitrogens with one attached hydrogen (secondary N) is 1. The van der Waals surface area contributed by atoms with Crippen LogP contribution in [0.1, 0.15) is 226 Å². The fraction of sp³-hybridized carbons (Fsp3) is 0.978. The van der Waals surface area contributed by atoms with Gasteiger partial charge in [-0.2, -0.15) is 0 Å². The van der Waals surface area contributed by atoms with Gasteiger partial charge in [0.2, 0.25) is 0 Å². The first-order valence-electron chi connectivity index (χ1n) is 23.5. The first-order chi connectivity index (χ1) is 25.2. The maximum Gasteiger partial charge on any atom is 0.305 e. The molecule has 0 radical (unpaired) electrons. The van der Waals surface area contributed by atoms with Gasteiger partial charge in [-0.05, 0) is 44.7 Å². The van der Waals surface area contributed by atoms with Crippen LogP contribution in [0.4, 0.5) is 0 Å². The first-order valence-corrected chi connectivity index (χ1v) is 23.5. The number of ether oxygens (including phenoxy) is 1. The smallest absolute Gasteiger partial charge is 0.305 e. The molecule has 51 heavy (non-hydrogen) atoms. The van der Waals surface area contributed by atoms with Crippen LogP contribution in [0.2, 0.25) is 0 Å². The van der Waals surface area contributed by atoms with Crippen molar-refractivity contribution in [3.63, 3.8) is 0 Å². The molecule has 1 N–H and O–H groups in total. The molecule has 0 saturated carbocycles. The Morgan fingerprint density at radius 2 is 0.941 bits per heavy atom. The van der Waals surface area contributed by atoms with E-state index in [1.807, 2.05) is 0 Å². The van der Waals surface area contributed by atoms with Crippen LogP contribution in [-0.2, 0) is 9.53 Å². The molecule has 1 fully saturated rings. The molecule has 0 aromatic rings. The summed E-state index contributed by atoms with van der Waals surface area (Å²) in [5.74, 6) is 1.01. The second-order valence-corrected chi connectivity index (χ2v) is 16.5. The van der Waals surface area contributed by atoms with E-state index in [1.165, 1.54) is 219 Å². The van der Waals surface area contributed by atoms with Crippen molar-refractivity contribution in [1.82, 2.24) is 15.1 Å². The third-order valence-electron chi connectivity index (χ3n) is 11.6. The van der Waals surface area contributed by atoms with E-state index in [4.69, 9.17) is 4.74 Å². The zero-order valence-electron chi connectivity index (χ0n) is 35.3. The van der Waals surface area contributed by atoms with Crippen LogP contribution in [-0.4, -0.2) is 74.7 Å². The molecule has 5 heteroatoms. The highest BCUT2D eigenvalue weighted by molar-refractivity contribution is 5.69. The summed E-state index contributed by atoms with van der Waals surface area (Å²) in [5.41, 5.74) is 0. The molecule has 1 rings (SSSR count). The molecule has 1 aliphatic heterocycles. The molecule has 0 aromatic heterocycles. The molecule has 1 unspecified atom stereocenters. The minimum atomic E-state index is 0.0189. The molecule has 304 valence electrons. The summed E-state index contributed by atoms with van der Waals surface area (Å²) < 4.78 is 5.54. The summed E-state index contributed by atoms with van der Waals surface area (Å²) >= 11 is 0. The molecule has 0 amide bonds. The maximum absolute atomic E-state index is 12.3. The van der Waals surface area contributed by atoms with Crippen molar-refractivity contribution in [1.29, 1.82) is 0 Å². The summed E-state index contributed by atoms with van der Waals surface area (Å²) in [7, 11) is 0. The normalized spacial score (nSPS) is 14.4. The highest BCUT2D eigenvalue weighted by atomic mass is 16.5. The van der Waals surface area contributed by atoms with Gasteiger partial charge in [0.25, 0.3) is 0 Å². The van der Waals surface area contributed by atoms with Gasteiger partial charge in [0, 0.05) is 45.7 Å². The Bertz CT molecular complexity index is 698. The van der Waals surface area contributed by atoms with Gasteiger partial charge in [0.1, 0.15) is 0 Å². The Balaban J connectivity index is 2.19. The minimum Gasteiger partial charge on any atom is -0.466 e. The Labute approximate surface area is 321 Å². The number of rotatable bonds is 40. The van der Waals surface area contributed by atoms with E-state index in [0.717, 1.165) is 38.3 Å². The molecule has 0 bridgehead atoms. The van der Waals surface area contributed by atoms with Gasteiger partial charge in [0.05, 0.1) is 6.61 Å². The third kappa shape index (κ3) is 33.6. The van der Waals surface area contributed by atoms with Gasteiger partial charge in [-0.15, -0.1) is 0 Å². The second-order valence-electron chi connectivity index (χ2n) is 16.5. The number of piperazine rings is 1. The number of hydrogen-bond donors (Lipinski definition) is 1. The van der Waals surface area contributed by atoms with E-state index in [9.17, 15) is 4.79 Å². The summed E-state index contributed by atoms with van der Waals surface area (Å²) in [4.78, 5) is 17.6. The van der Waals surface area contributed by atoms with Crippen LogP contribution in [0.25, 0.3) is 0 Å². The lowest BCUT2D eigenvalue weighted by atomic mass is 9.89. The van der Waals surface area contributed by atoms with E-state index < -0.39 is 0 Å². The zero-order chi connectivity index (χ0) is 36.7. The second kappa shape index (κ2) is 39.1. The van der Waals surface area contributed by atoms with Crippen LogP contribution in [0.3, 0.4) is 0 Å². The molecule has 0 spiro atoms. The van der Waals surface area contributed by atoms with Gasteiger partial charge in [-0.1, -0.05) is 194 Å². The number of esters is 1. The van der Waals surface area contributed by atoms with Gasteiger partial charge in [0.15, 0.2) is 0 Å². The quantitative estimate of drug-likeness (QED) is 0.0504. The van der Waals surface area contributed by atoms with Crippen LogP contribution >= 0.6 is 0 Å². The number of carbonyl (C=O) groups excluding carboxylic acids is 1. The standard InChI is InChI=1S/C46H93N3O2/c1-4-7-10-13-15-16-19-23-31-44-51-46(50)35-28-24-30-39-48(42-43-49-40-36-47-37-41-49)38-29-22-18-17-21-27-34-45(32-25-12-9-6-3)33-26-20-14-11-8-5-2/h45,47H,4-44H2,1-3H3. The summed E-state index contributed by atoms with van der Waals surface area (Å²) in [6.07, 6.45) is 42.8. The van der Waals surface area contributed by atoms with Gasteiger partial charge in [-0.25, -0.2) is 0 Å². The van der Waals surface area contributed by atoms with Crippen molar-refractivity contribution in [2.45, 2.75) is 226 Å². The molecule has 1 heterocycles. The van der Waals surface area contributed by atoms with E-state index >= 15 is 0 Å². The summed E-state index contributed by atoms with van der Waals surface area (Å²) in [6.45, 7) is 17.0. The fourth-order valence-electron chi connectivity index (χ4n) is 7.99. The van der Waals surface area contributed by atoms with Crippen LogP contribution in [0, 0.1) is 5.92 Å². The van der Waals surface area contributed by atoms with Crippen LogP contribution < -0.4 is 5.32 Å². The predicted molar refractivity (Wildman–Crippen MR) is 225 cm³/mol. The van der Waals surface area contributed by atoms with E-state index in [0.29, 0.717) is 13.0 Å². The number of hydrogen-bond acceptors (Lipinski definition) is 5. The van der Waals surface area contributed by atoms with E-state index in [-0.39, 0.29) is 5.97 Å². The van der Waals surface area contributed by atoms with Crippen molar-refractivity contribution in [2.75, 3.05) is 59.0 Å². The van der Waals surface area contributed by atoms with Gasteiger partial charge in [-0.3, -0.25) is 9.69 Å². The molecule has 5 nitrogen and oxygen atoms in total. The molecule has 1 atom stereocenters. The lowest BCUT2D eigenvalue weighted by Gasteiger charge is -2.30. The lowest BCUT2D eigenvalue weighted by molar-refractivity contribution is -0.143. The first kappa shape index (κ1) is 48.4. The molecule has 0 aliphatic carbocycles. The van der Waals surface area contributed by atoms with Crippen molar-refractivity contribution in [3.05, 3.63) is 0 Å². The topological polar surface area (TPSA) is 44.8 Å². The van der Waals surface area contributed by atoms with Crippen molar-refractivity contribution in [2.24, 2.45) is 5.92 Å². The Hall–Kier alpha value is -0.650. The highest BCUT2D eigenvalue weighted by Crippen LogP contribution is 2.24. The average Bonchev–Trinajstić information content (AvgIpc) is 3.15. The number of unbranched alkanes of at least 4 members (excludes halogenated alkanes) is 23. The zero-order valence-corrected chi connectivity index (χ0v) is 35.3. The van der Waals surface area contributed by atoms with E-state index in [2.05, 4.69) is 35.9 Å². The molecule has 0 aromatic carbocycles. The molecule has 1 saturated heterocycles. The van der Waals surface area contributed by atoms with Gasteiger partial charge < -0.3 is 15.0 Å². The predicted octanol–water partition coefficient (Wildman–Crippen LogP) is 12.9. The highest BCUT2D eigenvalue weighted by Gasteiger charge is 2.13. The Morgan fingerprint density at radius 3 is 1.45 bits per heavy atom. The van der Waals surface area contributed by atoms with Gasteiger partial charge >= 0.3 is 5.97 Å². The third-order valence-corrected chi connectivity index (χ3v) is 11.6. The Morgan fingerprint density at radius 1 is 0.529 bits per heavy atom. The molecule has 1 aliphatic rings. The van der Waals surface area contributed by atoms with Crippen LogP contribution in [0.5, 0.6) is 0 Å². The summed E-state index contributed by atoms with van der Waals surface area (Å²) in [6, 6.07) is 0. The van der Waals surface area contributed by atoms with E-state index in [1.54, 1.807) is 0 Å². The van der Waals surface area contributed by atoms with Crippen molar-refractivity contribution in [3.8, 4) is 0 Å². The summed E-state index contributed by atoms with van der Waals surface area (Å²) in [5, 5.41) is 3.50. The van der Waals surface area contributed by atoms with Crippen molar-refractivity contribution >= 4 is 5.97 Å². The lowest BCUT2D eigenvalue weighted by Crippen LogP contribution is -2.46. The number of carbonyl (C=O) groups is 1. The van der Waals surface area contributed by atoms with Crippen LogP contribution in [0.15, 0.2) is 0 Å². The molecular formula is C46H93N3O2. The molecular weight excluding hydrogens is 627 g/mol.